The number of hydrogen-bond donors (Lipinski definition) is 1. The quantitative estimate of drug-likeness (QED) is 0.812. The van der Waals surface area contributed by atoms with Crippen LogP contribution in [0, 0.1) is 11.2 Å². The molecule has 3 nitrogen and oxygen atoms in total. The number of rotatable bonds is 6. The maximum atomic E-state index is 13.0. The fourth-order valence-corrected chi connectivity index (χ4v) is 3.89. The molecular formula is C12H15BrFNO2S. The van der Waals surface area contributed by atoms with Gasteiger partial charge in [-0.3, -0.25) is 0 Å². The number of halogens is 2. The Hall–Kier alpha value is -0.460. The molecule has 1 aliphatic rings. The highest BCUT2D eigenvalue weighted by atomic mass is 79.9. The van der Waals surface area contributed by atoms with Gasteiger partial charge in [0, 0.05) is 11.9 Å². The van der Waals surface area contributed by atoms with E-state index in [1.807, 2.05) is 0 Å². The molecule has 1 aromatic rings. The molecule has 1 aromatic carbocycles. The fraction of sp³-hybridized carbons (Fsp3) is 0.500. The third-order valence-corrected chi connectivity index (χ3v) is 5.12. The minimum Gasteiger partial charge on any atom is -0.211 e. The maximum absolute atomic E-state index is 13.0. The first-order valence-corrected chi connectivity index (χ1v) is 8.39. The van der Waals surface area contributed by atoms with E-state index in [0.29, 0.717) is 6.54 Å². The topological polar surface area (TPSA) is 46.2 Å². The third-order valence-electron chi connectivity index (χ3n) is 3.33. The van der Waals surface area contributed by atoms with Gasteiger partial charge in [0.1, 0.15) is 5.82 Å². The number of benzene rings is 1. The molecule has 0 atom stereocenters. The molecule has 1 N–H and O–H groups in total. The van der Waals surface area contributed by atoms with Gasteiger partial charge in [-0.2, -0.15) is 0 Å². The zero-order valence-electron chi connectivity index (χ0n) is 9.83. The Kier molecular flexibility index (Phi) is 4.08. The van der Waals surface area contributed by atoms with Gasteiger partial charge in [-0.25, -0.2) is 17.5 Å². The molecule has 100 valence electrons. The van der Waals surface area contributed by atoms with E-state index >= 15 is 0 Å². The summed E-state index contributed by atoms with van der Waals surface area (Å²) in [6, 6.07) is 5.06. The molecule has 0 amide bonds. The summed E-state index contributed by atoms with van der Waals surface area (Å²) >= 11 is 3.37. The summed E-state index contributed by atoms with van der Waals surface area (Å²) in [6.45, 7) is 0.428. The second kappa shape index (κ2) is 5.27. The van der Waals surface area contributed by atoms with Crippen molar-refractivity contribution in [2.45, 2.75) is 24.2 Å². The Morgan fingerprint density at radius 1 is 1.39 bits per heavy atom. The summed E-state index contributed by atoms with van der Waals surface area (Å²) in [4.78, 5) is -0.0165. The summed E-state index contributed by atoms with van der Waals surface area (Å²) < 4.78 is 39.5. The van der Waals surface area contributed by atoms with Crippen molar-refractivity contribution in [3.05, 3.63) is 30.1 Å². The van der Waals surface area contributed by atoms with Gasteiger partial charge >= 0.3 is 0 Å². The summed E-state index contributed by atoms with van der Waals surface area (Å²) in [5.74, 6) is -0.542. The molecule has 2 rings (SSSR count). The molecule has 6 heteroatoms. The number of sulfonamides is 1. The molecule has 1 fully saturated rings. The van der Waals surface area contributed by atoms with E-state index in [2.05, 4.69) is 20.7 Å². The van der Waals surface area contributed by atoms with Gasteiger partial charge in [-0.1, -0.05) is 22.0 Å². The number of alkyl halides is 1. The Morgan fingerprint density at radius 3 is 2.67 bits per heavy atom. The van der Waals surface area contributed by atoms with Crippen LogP contribution in [0.25, 0.3) is 0 Å². The third kappa shape index (κ3) is 3.30. The van der Waals surface area contributed by atoms with Crippen LogP contribution in [0.4, 0.5) is 4.39 Å². The first-order chi connectivity index (χ1) is 8.47. The minimum atomic E-state index is -3.60. The Bertz CT molecular complexity index is 529. The second-order valence-corrected chi connectivity index (χ2v) is 7.28. The van der Waals surface area contributed by atoms with Gasteiger partial charge in [0.05, 0.1) is 4.90 Å². The van der Waals surface area contributed by atoms with Crippen LogP contribution < -0.4 is 4.72 Å². The first kappa shape index (κ1) is 14.0. The molecule has 0 radical (unpaired) electrons. The molecule has 0 bridgehead atoms. The van der Waals surface area contributed by atoms with Crippen LogP contribution in [0.5, 0.6) is 0 Å². The van der Waals surface area contributed by atoms with E-state index in [4.69, 9.17) is 0 Å². The lowest BCUT2D eigenvalue weighted by Gasteiger charge is -2.14. The molecule has 0 saturated heterocycles. The predicted molar refractivity (Wildman–Crippen MR) is 71.7 cm³/mol. The summed E-state index contributed by atoms with van der Waals surface area (Å²) in [7, 11) is -3.60. The van der Waals surface area contributed by atoms with Gasteiger partial charge in [0.25, 0.3) is 0 Å². The second-order valence-electron chi connectivity index (χ2n) is 4.72. The Balaban J connectivity index is 2.04. The van der Waals surface area contributed by atoms with E-state index < -0.39 is 15.8 Å². The minimum absolute atomic E-state index is 0.0165. The highest BCUT2D eigenvalue weighted by Gasteiger charge is 2.42. The van der Waals surface area contributed by atoms with Crippen LogP contribution in [0.3, 0.4) is 0 Å². The zero-order valence-corrected chi connectivity index (χ0v) is 12.2. The first-order valence-electron chi connectivity index (χ1n) is 5.79. The van der Waals surface area contributed by atoms with Gasteiger partial charge in [0.2, 0.25) is 10.0 Å². The van der Waals surface area contributed by atoms with E-state index in [0.717, 1.165) is 30.7 Å². The molecule has 0 heterocycles. The molecule has 0 aromatic heterocycles. The average molecular weight is 336 g/mol. The van der Waals surface area contributed by atoms with E-state index in [1.54, 1.807) is 0 Å². The normalized spacial score (nSPS) is 17.7. The molecule has 0 unspecified atom stereocenters. The Morgan fingerprint density at radius 2 is 2.11 bits per heavy atom. The Labute approximate surface area is 115 Å². The number of nitrogens with one attached hydrogen (secondary N) is 1. The highest BCUT2D eigenvalue weighted by Crippen LogP contribution is 2.48. The van der Waals surface area contributed by atoms with Crippen molar-refractivity contribution >= 4 is 26.0 Å². The molecule has 1 aliphatic carbocycles. The van der Waals surface area contributed by atoms with E-state index in [9.17, 15) is 12.8 Å². The molecule has 0 spiro atoms. The maximum Gasteiger partial charge on any atom is 0.240 e. The van der Waals surface area contributed by atoms with Crippen molar-refractivity contribution in [3.8, 4) is 0 Å². The molecule has 0 aliphatic heterocycles. The van der Waals surface area contributed by atoms with Crippen molar-refractivity contribution in [2.75, 3.05) is 11.9 Å². The molecule has 1 saturated carbocycles. The van der Waals surface area contributed by atoms with Crippen molar-refractivity contribution in [3.63, 3.8) is 0 Å². The zero-order chi connectivity index (χ0) is 13.2. The summed E-state index contributed by atoms with van der Waals surface area (Å²) in [5, 5.41) is 0.870. The largest absolute Gasteiger partial charge is 0.240 e. The van der Waals surface area contributed by atoms with Crippen molar-refractivity contribution in [1.29, 1.82) is 0 Å². The SMILES string of the molecule is O=S(=O)(NCC1(CCBr)CC1)c1cccc(F)c1. The standard InChI is InChI=1S/C12H15BrFNO2S/c13-7-6-12(4-5-12)9-15-18(16,17)11-3-1-2-10(14)8-11/h1-3,8,15H,4-7,9H2. The van der Waals surface area contributed by atoms with Crippen LogP contribution in [0.2, 0.25) is 0 Å². The van der Waals surface area contributed by atoms with E-state index in [1.165, 1.54) is 18.2 Å². The average Bonchev–Trinajstić information content (AvgIpc) is 3.08. The van der Waals surface area contributed by atoms with Gasteiger partial charge < -0.3 is 0 Å². The fourth-order valence-electron chi connectivity index (χ4n) is 1.86. The van der Waals surface area contributed by atoms with Crippen molar-refractivity contribution in [1.82, 2.24) is 4.72 Å². The lowest BCUT2D eigenvalue weighted by molar-refractivity contribution is 0.480. The molecule has 18 heavy (non-hydrogen) atoms. The lowest BCUT2D eigenvalue weighted by Crippen LogP contribution is -2.30. The molecular weight excluding hydrogens is 321 g/mol. The van der Waals surface area contributed by atoms with Crippen LogP contribution in [0.1, 0.15) is 19.3 Å². The van der Waals surface area contributed by atoms with Crippen LogP contribution in [-0.4, -0.2) is 20.3 Å². The van der Waals surface area contributed by atoms with E-state index in [-0.39, 0.29) is 10.3 Å². The van der Waals surface area contributed by atoms with Crippen LogP contribution in [0.15, 0.2) is 29.2 Å². The smallest absolute Gasteiger partial charge is 0.211 e. The summed E-state index contributed by atoms with van der Waals surface area (Å²) in [6.07, 6.45) is 3.05. The lowest BCUT2D eigenvalue weighted by atomic mass is 10.1. The van der Waals surface area contributed by atoms with Gasteiger partial charge in [-0.15, -0.1) is 0 Å². The van der Waals surface area contributed by atoms with Crippen LogP contribution >= 0.6 is 15.9 Å². The summed E-state index contributed by atoms with van der Waals surface area (Å²) in [5.41, 5.74) is 0.101. The van der Waals surface area contributed by atoms with Gasteiger partial charge in [0.15, 0.2) is 0 Å². The van der Waals surface area contributed by atoms with Crippen molar-refractivity contribution < 1.29 is 12.8 Å². The highest BCUT2D eigenvalue weighted by molar-refractivity contribution is 9.09. The number of hydrogen-bond acceptors (Lipinski definition) is 2. The van der Waals surface area contributed by atoms with Gasteiger partial charge in [-0.05, 0) is 42.9 Å². The predicted octanol–water partition coefficient (Wildman–Crippen LogP) is 2.67. The van der Waals surface area contributed by atoms with Crippen molar-refractivity contribution in [2.24, 2.45) is 5.41 Å². The van der Waals surface area contributed by atoms with Crippen LogP contribution in [-0.2, 0) is 10.0 Å². The monoisotopic (exact) mass is 335 g/mol.